The number of aryl methyl sites for hydroxylation is 3. The van der Waals surface area contributed by atoms with Crippen LogP contribution in [0, 0.1) is 6.92 Å². The zero-order valence-corrected chi connectivity index (χ0v) is 13.0. The number of aromatic nitrogens is 2. The van der Waals surface area contributed by atoms with Crippen LogP contribution in [0.3, 0.4) is 0 Å². The van der Waals surface area contributed by atoms with Crippen molar-refractivity contribution < 1.29 is 19.8 Å². The largest absolute Gasteiger partial charge is 0.478 e. The molecule has 2 aromatic rings. The number of carbonyl (C=O) groups is 2. The molecule has 0 aliphatic rings. The van der Waals surface area contributed by atoms with Gasteiger partial charge in [-0.1, -0.05) is 0 Å². The van der Waals surface area contributed by atoms with E-state index in [4.69, 9.17) is 10.2 Å². The highest BCUT2D eigenvalue weighted by Gasteiger charge is 1.98. The van der Waals surface area contributed by atoms with Crippen LogP contribution in [0.1, 0.15) is 17.5 Å². The lowest BCUT2D eigenvalue weighted by molar-refractivity contribution is -0.134. The lowest BCUT2D eigenvalue weighted by atomic mass is 10.1. The maximum atomic E-state index is 9.55. The Balaban J connectivity index is 0.000000261. The molecule has 0 fully saturated rings. The van der Waals surface area contributed by atoms with Crippen molar-refractivity contribution in [2.45, 2.75) is 26.3 Å². The predicted molar refractivity (Wildman–Crippen MR) is 84.0 cm³/mol. The molecule has 0 atom stereocenters. The number of thiophene rings is 1. The fourth-order valence-electron chi connectivity index (χ4n) is 1.66. The topological polar surface area (TPSA) is 92.4 Å². The van der Waals surface area contributed by atoms with Gasteiger partial charge in [-0.05, 0) is 41.7 Å². The summed E-state index contributed by atoms with van der Waals surface area (Å²) in [5.74, 6) is -2.51. The van der Waals surface area contributed by atoms with Crippen molar-refractivity contribution in [3.05, 3.63) is 52.8 Å². The molecule has 2 rings (SSSR count). The molecule has 0 aliphatic heterocycles. The molecule has 2 N–H and O–H groups in total. The number of carboxylic acids is 2. The average Bonchev–Trinajstić information content (AvgIpc) is 3.10. The van der Waals surface area contributed by atoms with Crippen molar-refractivity contribution in [3.8, 4) is 0 Å². The minimum Gasteiger partial charge on any atom is -0.478 e. The standard InChI is InChI=1S/C11H14N2S.C4H4O4/c1-10-7-14-8-11(10)3-2-5-13-6-4-12-9-13;5-3(6)1-2-4(7)8/h4,6-9H,2-3,5H2,1H3;1-2H,(H,5,6)(H,7,8)/b;2-1+. The smallest absolute Gasteiger partial charge is 0.328 e. The van der Waals surface area contributed by atoms with E-state index in [1.807, 2.05) is 18.7 Å². The van der Waals surface area contributed by atoms with Crippen molar-refractivity contribution in [2.75, 3.05) is 0 Å². The molecule has 0 amide bonds. The highest BCUT2D eigenvalue weighted by atomic mass is 32.1. The Morgan fingerprint density at radius 1 is 1.27 bits per heavy atom. The fourth-order valence-corrected chi connectivity index (χ4v) is 2.55. The first-order valence-corrected chi connectivity index (χ1v) is 7.54. The summed E-state index contributed by atoms with van der Waals surface area (Å²) in [7, 11) is 0. The zero-order valence-electron chi connectivity index (χ0n) is 12.2. The summed E-state index contributed by atoms with van der Waals surface area (Å²) < 4.78 is 2.13. The van der Waals surface area contributed by atoms with E-state index in [-0.39, 0.29) is 0 Å². The number of nitrogens with zero attached hydrogens (tertiary/aromatic N) is 2. The van der Waals surface area contributed by atoms with Crippen molar-refractivity contribution in [1.82, 2.24) is 9.55 Å². The van der Waals surface area contributed by atoms with Crippen LogP contribution in [0.5, 0.6) is 0 Å². The van der Waals surface area contributed by atoms with E-state index >= 15 is 0 Å². The van der Waals surface area contributed by atoms with Crippen molar-refractivity contribution in [3.63, 3.8) is 0 Å². The van der Waals surface area contributed by atoms with Gasteiger partial charge in [0.25, 0.3) is 0 Å². The summed E-state index contributed by atoms with van der Waals surface area (Å²) in [6.45, 7) is 3.25. The first-order valence-electron chi connectivity index (χ1n) is 6.60. The number of rotatable bonds is 6. The molecule has 7 heteroatoms. The van der Waals surface area contributed by atoms with Crippen LogP contribution in [0.2, 0.25) is 0 Å². The van der Waals surface area contributed by atoms with Gasteiger partial charge in [-0.2, -0.15) is 11.3 Å². The number of carboxylic acid groups (broad SMARTS) is 2. The summed E-state index contributed by atoms with van der Waals surface area (Å²) in [6, 6.07) is 0. The minimum atomic E-state index is -1.26. The first-order chi connectivity index (χ1) is 10.5. The second-order valence-electron chi connectivity index (χ2n) is 4.49. The van der Waals surface area contributed by atoms with E-state index in [2.05, 4.69) is 27.2 Å². The molecule has 0 spiro atoms. The van der Waals surface area contributed by atoms with Crippen LogP contribution in [-0.4, -0.2) is 31.7 Å². The summed E-state index contributed by atoms with van der Waals surface area (Å²) in [5, 5.41) is 20.1. The lowest BCUT2D eigenvalue weighted by Crippen LogP contribution is -1.96. The Hall–Kier alpha value is -2.41. The molecular formula is C15H18N2O4S. The molecule has 22 heavy (non-hydrogen) atoms. The summed E-state index contributed by atoms with van der Waals surface area (Å²) in [4.78, 5) is 23.1. The Labute approximate surface area is 132 Å². The third kappa shape index (κ3) is 7.39. The van der Waals surface area contributed by atoms with Gasteiger partial charge in [0.1, 0.15) is 0 Å². The van der Waals surface area contributed by atoms with Gasteiger partial charge in [0, 0.05) is 31.1 Å². The van der Waals surface area contributed by atoms with E-state index in [0.717, 1.165) is 6.54 Å². The van der Waals surface area contributed by atoms with Crippen molar-refractivity contribution in [2.24, 2.45) is 0 Å². The highest BCUT2D eigenvalue weighted by molar-refractivity contribution is 7.08. The molecule has 0 saturated carbocycles. The summed E-state index contributed by atoms with van der Waals surface area (Å²) in [5.41, 5.74) is 2.93. The maximum Gasteiger partial charge on any atom is 0.328 e. The Morgan fingerprint density at radius 3 is 2.41 bits per heavy atom. The molecule has 0 saturated heterocycles. The molecule has 0 radical (unpaired) electrons. The number of hydrogen-bond donors (Lipinski definition) is 2. The number of hydrogen-bond acceptors (Lipinski definition) is 4. The van der Waals surface area contributed by atoms with Gasteiger partial charge in [-0.15, -0.1) is 0 Å². The Bertz CT molecular complexity index is 601. The van der Waals surface area contributed by atoms with Crippen LogP contribution < -0.4 is 0 Å². The van der Waals surface area contributed by atoms with Crippen LogP contribution in [0.15, 0.2) is 41.6 Å². The zero-order chi connectivity index (χ0) is 16.4. The monoisotopic (exact) mass is 322 g/mol. The van der Waals surface area contributed by atoms with Gasteiger partial charge in [0.05, 0.1) is 6.33 Å². The van der Waals surface area contributed by atoms with E-state index in [9.17, 15) is 9.59 Å². The molecular weight excluding hydrogens is 304 g/mol. The molecule has 118 valence electrons. The Morgan fingerprint density at radius 2 is 1.95 bits per heavy atom. The number of aliphatic carboxylic acids is 2. The first kappa shape index (κ1) is 17.6. The normalized spacial score (nSPS) is 10.2. The van der Waals surface area contributed by atoms with Crippen LogP contribution in [0.25, 0.3) is 0 Å². The third-order valence-corrected chi connectivity index (χ3v) is 3.66. The fraction of sp³-hybridized carbons (Fsp3) is 0.267. The Kier molecular flexibility index (Phi) is 7.63. The summed E-state index contributed by atoms with van der Waals surface area (Å²) in [6.07, 6.45) is 9.20. The molecule has 0 aliphatic carbocycles. The lowest BCUT2D eigenvalue weighted by Gasteiger charge is -2.01. The van der Waals surface area contributed by atoms with E-state index in [0.29, 0.717) is 12.2 Å². The van der Waals surface area contributed by atoms with Crippen LogP contribution in [-0.2, 0) is 22.6 Å². The second-order valence-corrected chi connectivity index (χ2v) is 5.24. The quantitative estimate of drug-likeness (QED) is 0.798. The average molecular weight is 322 g/mol. The summed E-state index contributed by atoms with van der Waals surface area (Å²) >= 11 is 1.79. The SMILES string of the molecule is Cc1cscc1CCCn1ccnc1.O=C(O)/C=C/C(=O)O. The maximum absolute atomic E-state index is 9.55. The van der Waals surface area contributed by atoms with Gasteiger partial charge in [-0.3, -0.25) is 0 Å². The molecule has 2 heterocycles. The molecule has 6 nitrogen and oxygen atoms in total. The van der Waals surface area contributed by atoms with Crippen molar-refractivity contribution >= 4 is 23.3 Å². The number of imidazole rings is 1. The predicted octanol–water partition coefficient (Wildman–Crippen LogP) is 2.60. The molecule has 2 aromatic heterocycles. The van der Waals surface area contributed by atoms with Crippen LogP contribution >= 0.6 is 11.3 Å². The second kappa shape index (κ2) is 9.51. The van der Waals surface area contributed by atoms with Crippen molar-refractivity contribution in [1.29, 1.82) is 0 Å². The molecule has 0 aromatic carbocycles. The molecule has 0 unspecified atom stereocenters. The van der Waals surface area contributed by atoms with E-state index in [1.54, 1.807) is 11.3 Å². The van der Waals surface area contributed by atoms with Crippen LogP contribution in [0.4, 0.5) is 0 Å². The minimum absolute atomic E-state index is 0.558. The van der Waals surface area contributed by atoms with Gasteiger partial charge in [0.15, 0.2) is 0 Å². The molecule has 0 bridgehead atoms. The highest BCUT2D eigenvalue weighted by Crippen LogP contribution is 2.15. The van der Waals surface area contributed by atoms with E-state index in [1.165, 1.54) is 24.0 Å². The third-order valence-electron chi connectivity index (χ3n) is 2.75. The van der Waals surface area contributed by atoms with Gasteiger partial charge in [-0.25, -0.2) is 14.6 Å². The van der Waals surface area contributed by atoms with Gasteiger partial charge < -0.3 is 14.8 Å². The van der Waals surface area contributed by atoms with E-state index < -0.39 is 11.9 Å². The van der Waals surface area contributed by atoms with Gasteiger partial charge in [0.2, 0.25) is 0 Å². The van der Waals surface area contributed by atoms with Gasteiger partial charge >= 0.3 is 11.9 Å².